The SMILES string of the molecule is C/C=C/Cl.CCC(F)Cl. The molecule has 0 nitrogen and oxygen atoms in total. The largest absolute Gasteiger partial charge is 0.230 e. The number of hydrogen-bond donors (Lipinski definition) is 0. The van der Waals surface area contributed by atoms with Gasteiger partial charge in [-0.2, -0.15) is 0 Å². The third-order valence-corrected chi connectivity index (χ3v) is 0.995. The van der Waals surface area contributed by atoms with Gasteiger partial charge in [-0.3, -0.25) is 0 Å². The van der Waals surface area contributed by atoms with Crippen molar-refractivity contribution in [3.8, 4) is 0 Å². The molecule has 0 bridgehead atoms. The summed E-state index contributed by atoms with van der Waals surface area (Å²) in [4.78, 5) is 0. The molecule has 0 aliphatic rings. The first-order valence-corrected chi connectivity index (χ1v) is 3.55. The van der Waals surface area contributed by atoms with E-state index >= 15 is 0 Å². The van der Waals surface area contributed by atoms with Crippen LogP contribution in [0.5, 0.6) is 0 Å². The van der Waals surface area contributed by atoms with Crippen LogP contribution in [0.3, 0.4) is 0 Å². The fourth-order valence-corrected chi connectivity index (χ4v) is 0. The molecule has 0 aromatic rings. The van der Waals surface area contributed by atoms with Crippen molar-refractivity contribution in [1.82, 2.24) is 0 Å². The minimum absolute atomic E-state index is 0.404. The van der Waals surface area contributed by atoms with E-state index in [1.54, 1.807) is 13.0 Å². The Bertz CT molecular complexity index is 58.1. The van der Waals surface area contributed by atoms with Crippen LogP contribution in [0, 0.1) is 0 Å². The van der Waals surface area contributed by atoms with E-state index in [1.165, 1.54) is 5.54 Å². The van der Waals surface area contributed by atoms with Gasteiger partial charge in [0.05, 0.1) is 0 Å². The van der Waals surface area contributed by atoms with Gasteiger partial charge in [-0.25, -0.2) is 4.39 Å². The van der Waals surface area contributed by atoms with Crippen molar-refractivity contribution >= 4 is 23.2 Å². The summed E-state index contributed by atoms with van der Waals surface area (Å²) < 4.78 is 11.2. The first kappa shape index (κ1) is 12.0. The van der Waals surface area contributed by atoms with E-state index < -0.39 is 5.63 Å². The molecule has 9 heavy (non-hydrogen) atoms. The highest BCUT2D eigenvalue weighted by Gasteiger charge is 1.88. The number of rotatable bonds is 1. The highest BCUT2D eigenvalue weighted by atomic mass is 35.5. The Labute approximate surface area is 65.7 Å². The van der Waals surface area contributed by atoms with Crippen LogP contribution >= 0.6 is 23.2 Å². The molecule has 0 aromatic heterocycles. The smallest absolute Gasteiger partial charge is 0.173 e. The van der Waals surface area contributed by atoms with Crippen LogP contribution in [-0.2, 0) is 0 Å². The van der Waals surface area contributed by atoms with Gasteiger partial charge in [-0.05, 0) is 18.9 Å². The van der Waals surface area contributed by atoms with Crippen LogP contribution in [-0.4, -0.2) is 5.63 Å². The predicted molar refractivity (Wildman–Crippen MR) is 41.7 cm³/mol. The molecule has 0 radical (unpaired) electrons. The third-order valence-electron chi connectivity index (χ3n) is 0.435. The standard InChI is InChI=1S/C3H6ClF.C3H5Cl/c1-2-3(4)5;1-2-3-4/h3H,2H2,1H3;2-3H,1H3/b;3-2+. The van der Waals surface area contributed by atoms with E-state index in [-0.39, 0.29) is 0 Å². The van der Waals surface area contributed by atoms with Crippen LogP contribution < -0.4 is 0 Å². The highest BCUT2D eigenvalue weighted by Crippen LogP contribution is 1.98. The summed E-state index contributed by atoms with van der Waals surface area (Å²) in [6.45, 7) is 3.56. The third kappa shape index (κ3) is 30.5. The molecule has 0 amide bonds. The number of halogens is 3. The topological polar surface area (TPSA) is 0 Å². The zero-order valence-electron chi connectivity index (χ0n) is 5.57. The van der Waals surface area contributed by atoms with Crippen molar-refractivity contribution in [1.29, 1.82) is 0 Å². The van der Waals surface area contributed by atoms with Gasteiger partial charge in [0, 0.05) is 0 Å². The maximum atomic E-state index is 11.2. The van der Waals surface area contributed by atoms with Gasteiger partial charge in [-0.1, -0.05) is 36.2 Å². The molecule has 0 spiro atoms. The molecule has 0 saturated heterocycles. The molecule has 3 heteroatoms. The lowest BCUT2D eigenvalue weighted by atomic mass is 10.6. The summed E-state index contributed by atoms with van der Waals surface area (Å²) >= 11 is 9.80. The van der Waals surface area contributed by atoms with Crippen molar-refractivity contribution in [2.75, 3.05) is 0 Å². The Balaban J connectivity index is 0. The second-order valence-corrected chi connectivity index (χ2v) is 1.98. The summed E-state index contributed by atoms with van der Waals surface area (Å²) in [7, 11) is 0. The van der Waals surface area contributed by atoms with Gasteiger partial charge >= 0.3 is 0 Å². The second kappa shape index (κ2) is 11.1. The Kier molecular flexibility index (Phi) is 14.8. The van der Waals surface area contributed by atoms with Gasteiger partial charge in [-0.15, -0.1) is 0 Å². The number of allylic oxidation sites excluding steroid dienone is 1. The molecular weight excluding hydrogens is 162 g/mol. The van der Waals surface area contributed by atoms with Gasteiger partial charge in [0.25, 0.3) is 0 Å². The predicted octanol–water partition coefficient (Wildman–Crippen LogP) is 3.69. The summed E-state index contributed by atoms with van der Waals surface area (Å²) in [5.74, 6) is 0. The Morgan fingerprint density at radius 3 is 1.89 bits per heavy atom. The molecule has 0 aliphatic carbocycles. The summed E-state index contributed by atoms with van der Waals surface area (Å²) in [5.41, 5.74) is 0.329. The van der Waals surface area contributed by atoms with Crippen molar-refractivity contribution in [3.63, 3.8) is 0 Å². The van der Waals surface area contributed by atoms with Gasteiger partial charge in [0.15, 0.2) is 5.63 Å². The second-order valence-electron chi connectivity index (χ2n) is 1.26. The average Bonchev–Trinajstić information content (AvgIpc) is 1.89. The highest BCUT2D eigenvalue weighted by molar-refractivity contribution is 6.25. The van der Waals surface area contributed by atoms with Crippen LogP contribution in [0.15, 0.2) is 11.6 Å². The fourth-order valence-electron chi connectivity index (χ4n) is 0. The zero-order chi connectivity index (χ0) is 7.70. The maximum Gasteiger partial charge on any atom is 0.173 e. The Hall–Kier alpha value is 0.250. The monoisotopic (exact) mass is 172 g/mol. The van der Waals surface area contributed by atoms with E-state index in [9.17, 15) is 4.39 Å². The lowest BCUT2D eigenvalue weighted by Gasteiger charge is -1.83. The van der Waals surface area contributed by atoms with E-state index in [2.05, 4.69) is 0 Å². The van der Waals surface area contributed by atoms with Gasteiger partial charge in [0.1, 0.15) is 0 Å². The first-order chi connectivity index (χ1) is 4.18. The zero-order valence-corrected chi connectivity index (χ0v) is 7.08. The van der Waals surface area contributed by atoms with E-state index in [0.717, 1.165) is 0 Å². The lowest BCUT2D eigenvalue weighted by Crippen LogP contribution is -1.78. The lowest BCUT2D eigenvalue weighted by molar-refractivity contribution is 0.434. The molecule has 0 N–H and O–H groups in total. The van der Waals surface area contributed by atoms with Crippen molar-refractivity contribution < 1.29 is 4.39 Å². The summed E-state index contributed by atoms with van der Waals surface area (Å²) in [6.07, 6.45) is 2.17. The van der Waals surface area contributed by atoms with E-state index in [4.69, 9.17) is 23.2 Å². The molecule has 0 heterocycles. The normalized spacial score (nSPS) is 12.6. The molecular formula is C6H11Cl2F. The fraction of sp³-hybridized carbons (Fsp3) is 0.667. The van der Waals surface area contributed by atoms with Crippen LogP contribution in [0.4, 0.5) is 4.39 Å². The van der Waals surface area contributed by atoms with Crippen molar-refractivity contribution in [2.45, 2.75) is 25.9 Å². The molecule has 0 rings (SSSR count). The van der Waals surface area contributed by atoms with Crippen LogP contribution in [0.1, 0.15) is 20.3 Å². The minimum atomic E-state index is -1.14. The maximum absolute atomic E-state index is 11.2. The van der Waals surface area contributed by atoms with Crippen molar-refractivity contribution in [2.24, 2.45) is 0 Å². The summed E-state index contributed by atoms with van der Waals surface area (Å²) in [6, 6.07) is 0. The molecule has 56 valence electrons. The minimum Gasteiger partial charge on any atom is -0.230 e. The summed E-state index contributed by atoms with van der Waals surface area (Å²) in [5, 5.41) is 0. The van der Waals surface area contributed by atoms with Crippen LogP contribution in [0.2, 0.25) is 0 Å². The van der Waals surface area contributed by atoms with Crippen molar-refractivity contribution in [3.05, 3.63) is 11.6 Å². The molecule has 0 aromatic carbocycles. The molecule has 0 fully saturated rings. The van der Waals surface area contributed by atoms with E-state index in [1.807, 2.05) is 6.92 Å². The molecule has 0 aliphatic heterocycles. The van der Waals surface area contributed by atoms with Gasteiger partial charge in [0.2, 0.25) is 0 Å². The first-order valence-electron chi connectivity index (χ1n) is 2.68. The Morgan fingerprint density at radius 2 is 1.89 bits per heavy atom. The number of hydrogen-bond acceptors (Lipinski definition) is 0. The van der Waals surface area contributed by atoms with E-state index in [0.29, 0.717) is 6.42 Å². The average molecular weight is 173 g/mol. The molecule has 1 atom stereocenters. The van der Waals surface area contributed by atoms with Crippen LogP contribution in [0.25, 0.3) is 0 Å². The quantitative estimate of drug-likeness (QED) is 0.530. The molecule has 1 unspecified atom stereocenters. The Morgan fingerprint density at radius 1 is 1.67 bits per heavy atom. The van der Waals surface area contributed by atoms with Gasteiger partial charge < -0.3 is 0 Å². The molecule has 0 saturated carbocycles. The number of alkyl halides is 2.